The van der Waals surface area contributed by atoms with E-state index >= 15 is 0 Å². The van der Waals surface area contributed by atoms with Crippen LogP contribution in [-0.4, -0.2) is 30.0 Å². The molecular weight excluding hydrogens is 406 g/mol. The molecule has 1 aromatic heterocycles. The summed E-state index contributed by atoms with van der Waals surface area (Å²) >= 11 is 0. The Labute approximate surface area is 187 Å². The van der Waals surface area contributed by atoms with Crippen LogP contribution in [0.3, 0.4) is 0 Å². The zero-order valence-electron chi connectivity index (χ0n) is 18.4. The number of anilines is 1. The molecule has 0 aliphatic rings. The molecule has 0 radical (unpaired) electrons. The van der Waals surface area contributed by atoms with Gasteiger partial charge in [0, 0.05) is 23.6 Å². The van der Waals surface area contributed by atoms with Crippen molar-refractivity contribution < 1.29 is 19.1 Å². The van der Waals surface area contributed by atoms with Crippen LogP contribution < -0.4 is 20.1 Å². The number of rotatable bonds is 9. The first kappa shape index (κ1) is 22.8. The standard InChI is InChI=1S/C25H27N3O4/c1-4-31-22-12-11-18(15-23(22)32-5-2)17(3)27-24(29)19-8-6-10-21(14-19)28-25(30)20-9-7-13-26-16-20/h6-17H,4-5H2,1-3H3,(H,27,29)(H,28,30). The Kier molecular flexibility index (Phi) is 7.80. The van der Waals surface area contributed by atoms with Gasteiger partial charge in [0.25, 0.3) is 11.8 Å². The van der Waals surface area contributed by atoms with Crippen molar-refractivity contribution in [1.82, 2.24) is 10.3 Å². The fourth-order valence-electron chi connectivity index (χ4n) is 3.14. The minimum atomic E-state index is -0.290. The molecule has 2 aromatic carbocycles. The van der Waals surface area contributed by atoms with E-state index in [1.54, 1.807) is 42.6 Å². The van der Waals surface area contributed by atoms with Gasteiger partial charge in [0.05, 0.1) is 24.8 Å². The topological polar surface area (TPSA) is 89.6 Å². The Balaban J connectivity index is 1.69. The molecule has 2 N–H and O–H groups in total. The van der Waals surface area contributed by atoms with E-state index in [0.717, 1.165) is 5.56 Å². The summed E-state index contributed by atoms with van der Waals surface area (Å²) in [7, 11) is 0. The first-order valence-electron chi connectivity index (χ1n) is 10.5. The summed E-state index contributed by atoms with van der Waals surface area (Å²) in [5.74, 6) is 0.783. The van der Waals surface area contributed by atoms with Crippen LogP contribution in [0.25, 0.3) is 0 Å². The second-order valence-corrected chi connectivity index (χ2v) is 7.04. The fraction of sp³-hybridized carbons (Fsp3) is 0.240. The van der Waals surface area contributed by atoms with Crippen LogP contribution in [0.5, 0.6) is 11.5 Å². The minimum absolute atomic E-state index is 0.248. The van der Waals surface area contributed by atoms with Crippen molar-refractivity contribution in [3.63, 3.8) is 0 Å². The molecule has 3 aromatic rings. The smallest absolute Gasteiger partial charge is 0.257 e. The third kappa shape index (κ3) is 5.85. The van der Waals surface area contributed by atoms with Crippen molar-refractivity contribution in [1.29, 1.82) is 0 Å². The number of carbonyl (C=O) groups is 2. The molecule has 1 heterocycles. The van der Waals surface area contributed by atoms with Crippen molar-refractivity contribution in [2.24, 2.45) is 0 Å². The molecule has 3 rings (SSSR count). The number of nitrogens with zero attached hydrogens (tertiary/aromatic N) is 1. The van der Waals surface area contributed by atoms with E-state index in [2.05, 4.69) is 15.6 Å². The highest BCUT2D eigenvalue weighted by Crippen LogP contribution is 2.30. The van der Waals surface area contributed by atoms with Crippen LogP contribution in [0.4, 0.5) is 5.69 Å². The lowest BCUT2D eigenvalue weighted by Gasteiger charge is -2.18. The minimum Gasteiger partial charge on any atom is -0.490 e. The maximum absolute atomic E-state index is 12.8. The van der Waals surface area contributed by atoms with Gasteiger partial charge in [-0.25, -0.2) is 0 Å². The largest absolute Gasteiger partial charge is 0.490 e. The number of carbonyl (C=O) groups excluding carboxylic acids is 2. The van der Waals surface area contributed by atoms with E-state index in [4.69, 9.17) is 9.47 Å². The maximum atomic E-state index is 12.8. The lowest BCUT2D eigenvalue weighted by atomic mass is 10.1. The van der Waals surface area contributed by atoms with E-state index in [1.807, 2.05) is 39.0 Å². The zero-order valence-corrected chi connectivity index (χ0v) is 18.4. The molecule has 166 valence electrons. The second kappa shape index (κ2) is 10.9. The number of ether oxygens (including phenoxy) is 2. The van der Waals surface area contributed by atoms with Gasteiger partial charge in [0.2, 0.25) is 0 Å². The first-order chi connectivity index (χ1) is 15.5. The van der Waals surface area contributed by atoms with Gasteiger partial charge in [-0.1, -0.05) is 12.1 Å². The van der Waals surface area contributed by atoms with Gasteiger partial charge in [0.1, 0.15) is 0 Å². The fourth-order valence-corrected chi connectivity index (χ4v) is 3.14. The average Bonchev–Trinajstić information content (AvgIpc) is 2.81. The Morgan fingerprint density at radius 2 is 1.66 bits per heavy atom. The molecular formula is C25H27N3O4. The SMILES string of the molecule is CCOc1ccc(C(C)NC(=O)c2cccc(NC(=O)c3cccnc3)c2)cc1OCC. The number of nitrogens with one attached hydrogen (secondary N) is 2. The highest BCUT2D eigenvalue weighted by Gasteiger charge is 2.15. The highest BCUT2D eigenvalue weighted by atomic mass is 16.5. The normalized spacial score (nSPS) is 11.3. The Morgan fingerprint density at radius 1 is 0.906 bits per heavy atom. The number of amides is 2. The molecule has 0 spiro atoms. The van der Waals surface area contributed by atoms with E-state index in [9.17, 15) is 9.59 Å². The number of hydrogen-bond acceptors (Lipinski definition) is 5. The summed E-state index contributed by atoms with van der Waals surface area (Å²) in [6.45, 7) is 6.78. The summed E-state index contributed by atoms with van der Waals surface area (Å²) in [5.41, 5.74) is 2.30. The lowest BCUT2D eigenvalue weighted by Crippen LogP contribution is -2.26. The number of hydrogen-bond donors (Lipinski definition) is 2. The number of aromatic nitrogens is 1. The monoisotopic (exact) mass is 433 g/mol. The highest BCUT2D eigenvalue weighted by molar-refractivity contribution is 6.05. The van der Waals surface area contributed by atoms with Crippen molar-refractivity contribution >= 4 is 17.5 Å². The van der Waals surface area contributed by atoms with Crippen molar-refractivity contribution in [2.45, 2.75) is 26.8 Å². The van der Waals surface area contributed by atoms with Crippen molar-refractivity contribution in [3.8, 4) is 11.5 Å². The van der Waals surface area contributed by atoms with E-state index < -0.39 is 0 Å². The zero-order chi connectivity index (χ0) is 22.9. The molecule has 0 bridgehead atoms. The molecule has 7 nitrogen and oxygen atoms in total. The van der Waals surface area contributed by atoms with E-state index in [-0.39, 0.29) is 17.9 Å². The van der Waals surface area contributed by atoms with Gasteiger partial charge >= 0.3 is 0 Å². The average molecular weight is 434 g/mol. The Bertz CT molecular complexity index is 1070. The number of benzene rings is 2. The van der Waals surface area contributed by atoms with Crippen molar-refractivity contribution in [3.05, 3.63) is 83.7 Å². The summed E-state index contributed by atoms with van der Waals surface area (Å²) in [5, 5.41) is 5.78. The number of pyridine rings is 1. The van der Waals surface area contributed by atoms with E-state index in [1.165, 1.54) is 6.20 Å². The second-order valence-electron chi connectivity index (χ2n) is 7.04. The molecule has 1 unspecified atom stereocenters. The summed E-state index contributed by atoms with van der Waals surface area (Å²) in [6, 6.07) is 15.5. The molecule has 0 saturated heterocycles. The van der Waals surface area contributed by atoms with Crippen LogP contribution in [-0.2, 0) is 0 Å². The first-order valence-corrected chi connectivity index (χ1v) is 10.5. The third-order valence-electron chi connectivity index (χ3n) is 4.72. The summed E-state index contributed by atoms with van der Waals surface area (Å²) in [4.78, 5) is 29.1. The molecule has 32 heavy (non-hydrogen) atoms. The van der Waals surface area contributed by atoms with Gasteiger partial charge in [-0.15, -0.1) is 0 Å². The van der Waals surface area contributed by atoms with Crippen LogP contribution in [0.15, 0.2) is 67.0 Å². The van der Waals surface area contributed by atoms with Gasteiger partial charge in [0.15, 0.2) is 11.5 Å². The predicted molar refractivity (Wildman–Crippen MR) is 123 cm³/mol. The molecule has 2 amide bonds. The quantitative estimate of drug-likeness (QED) is 0.514. The van der Waals surface area contributed by atoms with Crippen LogP contribution in [0, 0.1) is 0 Å². The van der Waals surface area contributed by atoms with Gasteiger partial charge in [-0.2, -0.15) is 0 Å². The molecule has 0 saturated carbocycles. The molecule has 0 aliphatic carbocycles. The summed E-state index contributed by atoms with van der Waals surface area (Å²) < 4.78 is 11.3. The molecule has 7 heteroatoms. The van der Waals surface area contributed by atoms with Crippen LogP contribution in [0.2, 0.25) is 0 Å². The van der Waals surface area contributed by atoms with Crippen LogP contribution in [0.1, 0.15) is 53.1 Å². The molecule has 0 fully saturated rings. The van der Waals surface area contributed by atoms with Gasteiger partial charge < -0.3 is 20.1 Å². The van der Waals surface area contributed by atoms with Crippen LogP contribution >= 0.6 is 0 Å². The summed E-state index contributed by atoms with van der Waals surface area (Å²) in [6.07, 6.45) is 3.09. The Morgan fingerprint density at radius 3 is 2.38 bits per heavy atom. The van der Waals surface area contributed by atoms with Gasteiger partial charge in [-0.05, 0) is 68.8 Å². The third-order valence-corrected chi connectivity index (χ3v) is 4.72. The molecule has 0 aliphatic heterocycles. The van der Waals surface area contributed by atoms with E-state index in [0.29, 0.717) is 41.5 Å². The lowest BCUT2D eigenvalue weighted by molar-refractivity contribution is 0.0938. The molecule has 1 atom stereocenters. The predicted octanol–water partition coefficient (Wildman–Crippen LogP) is 4.62. The Hall–Kier alpha value is -3.87. The maximum Gasteiger partial charge on any atom is 0.257 e. The van der Waals surface area contributed by atoms with Crippen molar-refractivity contribution in [2.75, 3.05) is 18.5 Å². The van der Waals surface area contributed by atoms with Gasteiger partial charge in [-0.3, -0.25) is 14.6 Å².